The summed E-state index contributed by atoms with van der Waals surface area (Å²) in [5, 5.41) is 12.9. The Morgan fingerprint density at radius 1 is 1.00 bits per heavy atom. The second-order valence-corrected chi connectivity index (χ2v) is 9.96. The molecule has 2 aliphatic heterocycles. The number of carbonyl (C=O) groups excluding carboxylic acids is 2. The molecule has 2 N–H and O–H groups in total. The van der Waals surface area contributed by atoms with Crippen molar-refractivity contribution in [1.82, 2.24) is 15.1 Å². The number of nitrogens with one attached hydrogen (secondary N) is 1. The summed E-state index contributed by atoms with van der Waals surface area (Å²) < 4.78 is 0. The van der Waals surface area contributed by atoms with Crippen LogP contribution in [-0.4, -0.2) is 63.2 Å². The van der Waals surface area contributed by atoms with Crippen molar-refractivity contribution in [3.8, 4) is 0 Å². The number of rotatable bonds is 11. The Morgan fingerprint density at radius 3 is 2.20 bits per heavy atom. The van der Waals surface area contributed by atoms with Gasteiger partial charge in [0.05, 0.1) is 6.61 Å². The van der Waals surface area contributed by atoms with Crippen LogP contribution in [-0.2, 0) is 4.79 Å². The van der Waals surface area contributed by atoms with Crippen LogP contribution in [0.1, 0.15) is 99.3 Å². The average Bonchev–Trinajstić information content (AvgIpc) is 2.96. The van der Waals surface area contributed by atoms with E-state index in [1.165, 1.54) is 24.2 Å². The van der Waals surface area contributed by atoms with E-state index in [2.05, 4.69) is 51.8 Å². The fourth-order valence-corrected chi connectivity index (χ4v) is 5.98. The Balaban J connectivity index is 2.25. The first kappa shape index (κ1) is 25.1. The Labute approximate surface area is 183 Å². The van der Waals surface area contributed by atoms with Crippen LogP contribution in [0.15, 0.2) is 0 Å². The van der Waals surface area contributed by atoms with Crippen molar-refractivity contribution in [2.24, 2.45) is 5.92 Å². The summed E-state index contributed by atoms with van der Waals surface area (Å²) in [7, 11) is 0. The maximum Gasteiger partial charge on any atom is 0.325 e. The van der Waals surface area contributed by atoms with E-state index in [1.54, 1.807) is 0 Å². The van der Waals surface area contributed by atoms with Crippen LogP contribution < -0.4 is 5.32 Å². The highest BCUT2D eigenvalue weighted by Crippen LogP contribution is 2.51. The third-order valence-electron chi connectivity index (χ3n) is 8.34. The number of hydrogen-bond donors (Lipinski definition) is 2. The largest absolute Gasteiger partial charge is 0.395 e. The molecule has 1 spiro atoms. The highest BCUT2D eigenvalue weighted by atomic mass is 16.3. The van der Waals surface area contributed by atoms with Gasteiger partial charge in [-0.25, -0.2) is 4.79 Å². The number of imide groups is 1. The number of nitrogens with zero attached hydrogens (tertiary/aromatic N) is 2. The smallest absolute Gasteiger partial charge is 0.325 e. The normalized spacial score (nSPS) is 34.8. The van der Waals surface area contributed by atoms with Gasteiger partial charge in [-0.3, -0.25) is 14.6 Å². The van der Waals surface area contributed by atoms with Gasteiger partial charge < -0.3 is 10.4 Å². The number of β-amino-alcohol motifs (C(OH)–C–C–N with tert-alkyl or cyclic N) is 1. The van der Waals surface area contributed by atoms with Gasteiger partial charge in [0.1, 0.15) is 5.54 Å². The number of hydrogen-bond acceptors (Lipinski definition) is 4. The molecule has 0 aliphatic carbocycles. The molecule has 30 heavy (non-hydrogen) atoms. The number of aliphatic hydroxyl groups excluding tert-OH is 1. The van der Waals surface area contributed by atoms with Gasteiger partial charge in [-0.1, -0.05) is 59.8 Å². The second kappa shape index (κ2) is 9.99. The van der Waals surface area contributed by atoms with Crippen molar-refractivity contribution >= 4 is 11.9 Å². The summed E-state index contributed by atoms with van der Waals surface area (Å²) in [4.78, 5) is 30.5. The highest BCUT2D eigenvalue weighted by Gasteiger charge is 2.66. The first-order chi connectivity index (χ1) is 14.2. The van der Waals surface area contributed by atoms with Crippen LogP contribution in [0.5, 0.6) is 0 Å². The van der Waals surface area contributed by atoms with Crippen LogP contribution in [0.4, 0.5) is 4.79 Å². The van der Waals surface area contributed by atoms with Crippen molar-refractivity contribution in [1.29, 1.82) is 0 Å². The lowest BCUT2D eigenvalue weighted by atomic mass is 9.60. The quantitative estimate of drug-likeness (QED) is 0.384. The number of unbranched alkanes of at least 4 members (excludes halogenated alkanes) is 5. The summed E-state index contributed by atoms with van der Waals surface area (Å²) in [6.45, 7) is 14.2. The van der Waals surface area contributed by atoms with Crippen LogP contribution in [0.3, 0.4) is 0 Å². The van der Waals surface area contributed by atoms with Gasteiger partial charge >= 0.3 is 6.03 Å². The molecule has 0 bridgehead atoms. The van der Waals surface area contributed by atoms with Crippen LogP contribution in [0.2, 0.25) is 0 Å². The summed E-state index contributed by atoms with van der Waals surface area (Å²) in [6.07, 6.45) is 9.09. The minimum absolute atomic E-state index is 0.0449. The summed E-state index contributed by atoms with van der Waals surface area (Å²) in [5.74, 6) is -0.0938. The summed E-state index contributed by atoms with van der Waals surface area (Å²) >= 11 is 0. The Kier molecular flexibility index (Phi) is 8.36. The molecule has 0 aromatic heterocycles. The zero-order chi connectivity index (χ0) is 22.6. The van der Waals surface area contributed by atoms with E-state index >= 15 is 0 Å². The minimum atomic E-state index is -0.860. The topological polar surface area (TPSA) is 72.9 Å². The molecule has 0 aromatic rings. The van der Waals surface area contributed by atoms with Crippen molar-refractivity contribution in [3.05, 3.63) is 0 Å². The number of aliphatic hydroxyl groups is 1. The first-order valence-electron chi connectivity index (χ1n) is 12.2. The maximum absolute atomic E-state index is 13.7. The van der Waals surface area contributed by atoms with E-state index in [9.17, 15) is 14.7 Å². The molecule has 6 heteroatoms. The molecule has 6 nitrogen and oxygen atoms in total. The predicted molar refractivity (Wildman–Crippen MR) is 121 cm³/mol. The minimum Gasteiger partial charge on any atom is -0.395 e. The monoisotopic (exact) mass is 423 g/mol. The molecule has 3 amide bonds. The van der Waals surface area contributed by atoms with Crippen molar-refractivity contribution in [3.63, 3.8) is 0 Å². The fourth-order valence-electron chi connectivity index (χ4n) is 5.98. The van der Waals surface area contributed by atoms with Crippen LogP contribution >= 0.6 is 0 Å². The summed E-state index contributed by atoms with van der Waals surface area (Å²) in [5.41, 5.74) is -1.41. The van der Waals surface area contributed by atoms with Gasteiger partial charge in [0.2, 0.25) is 0 Å². The molecule has 4 atom stereocenters. The highest BCUT2D eigenvalue weighted by molar-refractivity contribution is 6.07. The number of piperidine rings is 1. The van der Waals surface area contributed by atoms with Gasteiger partial charge in [0, 0.05) is 30.1 Å². The Morgan fingerprint density at radius 2 is 1.63 bits per heavy atom. The van der Waals surface area contributed by atoms with Gasteiger partial charge in [-0.2, -0.15) is 0 Å². The second-order valence-electron chi connectivity index (χ2n) is 9.96. The zero-order valence-electron chi connectivity index (χ0n) is 20.2. The maximum atomic E-state index is 13.7. The molecule has 2 saturated heterocycles. The van der Waals surface area contributed by atoms with Crippen molar-refractivity contribution in [2.45, 2.75) is 116 Å². The molecular formula is C24H45N3O3. The molecule has 2 rings (SSSR count). The van der Waals surface area contributed by atoms with Gasteiger partial charge in [-0.05, 0) is 39.5 Å². The van der Waals surface area contributed by atoms with Crippen LogP contribution in [0.25, 0.3) is 0 Å². The lowest BCUT2D eigenvalue weighted by Gasteiger charge is -2.63. The first-order valence-corrected chi connectivity index (χ1v) is 12.2. The summed E-state index contributed by atoms with van der Waals surface area (Å²) in [6, 6.07) is -0.229. The standard InChI is InChI=1S/C24H45N3O3/c1-7-10-11-12-13-14-15-26-20(29)24(25-21(26)30)18-22(5,8-2)27(16-17-28)23(6,9-3)19(24)4/h19,28H,7-18H2,1-6H3,(H,25,30). The van der Waals surface area contributed by atoms with Crippen molar-refractivity contribution < 1.29 is 14.7 Å². The molecule has 0 aromatic carbocycles. The lowest BCUT2D eigenvalue weighted by Crippen LogP contribution is -2.75. The molecule has 2 heterocycles. The molecule has 0 radical (unpaired) electrons. The van der Waals surface area contributed by atoms with E-state index in [0.29, 0.717) is 19.5 Å². The van der Waals surface area contributed by atoms with Gasteiger partial charge in [0.15, 0.2) is 0 Å². The predicted octanol–water partition coefficient (Wildman–Crippen LogP) is 4.31. The van der Waals surface area contributed by atoms with E-state index in [4.69, 9.17) is 0 Å². The lowest BCUT2D eigenvalue weighted by molar-refractivity contribution is -0.156. The van der Waals surface area contributed by atoms with Gasteiger partial charge in [-0.15, -0.1) is 0 Å². The third kappa shape index (κ3) is 4.27. The molecule has 4 unspecified atom stereocenters. The molecular weight excluding hydrogens is 378 g/mol. The van der Waals surface area contributed by atoms with Crippen LogP contribution in [0, 0.1) is 5.92 Å². The van der Waals surface area contributed by atoms with E-state index in [-0.39, 0.29) is 35.5 Å². The Bertz CT molecular complexity index is 613. The Hall–Kier alpha value is -1.14. The SMILES string of the molecule is CCCCCCCCN1C(=O)NC2(CC(C)(CC)N(CCO)C(C)(CC)C2C)C1=O. The zero-order valence-corrected chi connectivity index (χ0v) is 20.2. The van der Waals surface area contributed by atoms with E-state index < -0.39 is 5.54 Å². The number of likely N-dealkylation sites (tertiary alicyclic amines) is 1. The van der Waals surface area contributed by atoms with E-state index in [1.807, 2.05) is 0 Å². The average molecular weight is 424 g/mol. The molecule has 2 aliphatic rings. The molecule has 2 fully saturated rings. The van der Waals surface area contributed by atoms with Crippen molar-refractivity contribution in [2.75, 3.05) is 19.7 Å². The molecule has 174 valence electrons. The third-order valence-corrected chi connectivity index (χ3v) is 8.34. The van der Waals surface area contributed by atoms with Gasteiger partial charge in [0.25, 0.3) is 5.91 Å². The van der Waals surface area contributed by atoms with E-state index in [0.717, 1.165) is 32.1 Å². The number of amides is 3. The number of carbonyl (C=O) groups is 2. The molecule has 0 saturated carbocycles. The number of urea groups is 1. The fraction of sp³-hybridized carbons (Fsp3) is 0.917.